The van der Waals surface area contributed by atoms with Gasteiger partial charge in [-0.1, -0.05) is 37.5 Å². The highest BCUT2D eigenvalue weighted by Gasteiger charge is 2.18. The summed E-state index contributed by atoms with van der Waals surface area (Å²) in [5.41, 5.74) is 1.41. The second-order valence-electron chi connectivity index (χ2n) is 4.44. The van der Waals surface area contributed by atoms with Crippen molar-refractivity contribution in [3.8, 4) is 0 Å². The molecule has 86 valence electrons. The summed E-state index contributed by atoms with van der Waals surface area (Å²) < 4.78 is 0. The molecule has 1 fully saturated rings. The van der Waals surface area contributed by atoms with E-state index in [4.69, 9.17) is 0 Å². The summed E-state index contributed by atoms with van der Waals surface area (Å²) in [4.78, 5) is 0. The van der Waals surface area contributed by atoms with Gasteiger partial charge in [0.1, 0.15) is 0 Å². The van der Waals surface area contributed by atoms with Crippen LogP contribution in [0.15, 0.2) is 24.3 Å². The molecule has 2 rings (SSSR count). The van der Waals surface area contributed by atoms with Crippen molar-refractivity contribution in [2.75, 3.05) is 5.32 Å². The minimum absolute atomic E-state index is 0.480. The van der Waals surface area contributed by atoms with Crippen LogP contribution in [0.4, 0.5) is 5.69 Å². The number of nitrogens with one attached hydrogen (secondary N) is 1. The molecular formula is C12H18BNO2. The summed E-state index contributed by atoms with van der Waals surface area (Å²) in [5.74, 6) is 0. The Hall–Kier alpha value is -0.995. The van der Waals surface area contributed by atoms with Gasteiger partial charge in [0.05, 0.1) is 0 Å². The SMILES string of the molecule is OB(O)c1ccccc1NC1CCCCC1. The van der Waals surface area contributed by atoms with Crippen molar-refractivity contribution in [3.05, 3.63) is 24.3 Å². The Morgan fingerprint density at radius 2 is 1.75 bits per heavy atom. The molecule has 4 heteroatoms. The second-order valence-corrected chi connectivity index (χ2v) is 4.44. The number of anilines is 1. The molecule has 0 aromatic heterocycles. The maximum Gasteiger partial charge on any atom is 0.490 e. The molecule has 0 aliphatic heterocycles. The summed E-state index contributed by atoms with van der Waals surface area (Å²) >= 11 is 0. The first-order valence-corrected chi connectivity index (χ1v) is 5.99. The Labute approximate surface area is 96.6 Å². The van der Waals surface area contributed by atoms with Crippen LogP contribution in [0.3, 0.4) is 0 Å². The lowest BCUT2D eigenvalue weighted by Crippen LogP contribution is -2.34. The van der Waals surface area contributed by atoms with E-state index < -0.39 is 7.12 Å². The molecule has 0 amide bonds. The van der Waals surface area contributed by atoms with Crippen LogP contribution in [0.5, 0.6) is 0 Å². The fourth-order valence-corrected chi connectivity index (χ4v) is 2.32. The van der Waals surface area contributed by atoms with E-state index in [0.29, 0.717) is 11.5 Å². The molecule has 1 aromatic carbocycles. The van der Waals surface area contributed by atoms with Crippen molar-refractivity contribution in [1.29, 1.82) is 0 Å². The minimum Gasteiger partial charge on any atom is -0.423 e. The fraction of sp³-hybridized carbons (Fsp3) is 0.500. The molecule has 0 heterocycles. The number of benzene rings is 1. The van der Waals surface area contributed by atoms with Gasteiger partial charge in [-0.3, -0.25) is 0 Å². The van der Waals surface area contributed by atoms with E-state index in [9.17, 15) is 10.0 Å². The molecule has 0 unspecified atom stereocenters. The highest BCUT2D eigenvalue weighted by Crippen LogP contribution is 2.20. The average Bonchev–Trinajstić information content (AvgIpc) is 2.31. The van der Waals surface area contributed by atoms with E-state index >= 15 is 0 Å². The van der Waals surface area contributed by atoms with Crippen molar-refractivity contribution in [3.63, 3.8) is 0 Å². The third-order valence-corrected chi connectivity index (χ3v) is 3.20. The Kier molecular flexibility index (Phi) is 3.85. The van der Waals surface area contributed by atoms with Crippen molar-refractivity contribution >= 4 is 18.3 Å². The zero-order valence-corrected chi connectivity index (χ0v) is 9.39. The van der Waals surface area contributed by atoms with Crippen molar-refractivity contribution in [1.82, 2.24) is 0 Å². The topological polar surface area (TPSA) is 52.5 Å². The predicted octanol–water partition coefficient (Wildman–Crippen LogP) is 1.11. The van der Waals surface area contributed by atoms with E-state index in [-0.39, 0.29) is 0 Å². The summed E-state index contributed by atoms with van der Waals surface area (Å²) in [6.07, 6.45) is 6.21. The first-order chi connectivity index (χ1) is 7.77. The first kappa shape index (κ1) is 11.5. The van der Waals surface area contributed by atoms with E-state index in [1.54, 1.807) is 6.07 Å². The van der Waals surface area contributed by atoms with Crippen molar-refractivity contribution in [2.24, 2.45) is 0 Å². The molecule has 0 bridgehead atoms. The highest BCUT2D eigenvalue weighted by atomic mass is 16.4. The van der Waals surface area contributed by atoms with Gasteiger partial charge in [0.15, 0.2) is 0 Å². The number of hydrogen-bond donors (Lipinski definition) is 3. The standard InChI is InChI=1S/C12H18BNO2/c15-13(16)11-8-4-5-9-12(11)14-10-6-2-1-3-7-10/h4-5,8-10,14-16H,1-3,6-7H2. The maximum atomic E-state index is 9.25. The van der Waals surface area contributed by atoms with Gasteiger partial charge in [0.2, 0.25) is 0 Å². The summed E-state index contributed by atoms with van der Waals surface area (Å²) in [7, 11) is -1.40. The van der Waals surface area contributed by atoms with Crippen LogP contribution < -0.4 is 10.8 Å². The van der Waals surface area contributed by atoms with Crippen molar-refractivity contribution in [2.45, 2.75) is 38.1 Å². The van der Waals surface area contributed by atoms with Crippen LogP contribution in [0.1, 0.15) is 32.1 Å². The summed E-state index contributed by atoms with van der Waals surface area (Å²) in [5, 5.41) is 21.9. The molecule has 1 aliphatic carbocycles. The second kappa shape index (κ2) is 5.37. The van der Waals surface area contributed by atoms with E-state index in [1.807, 2.05) is 18.2 Å². The molecule has 0 spiro atoms. The lowest BCUT2D eigenvalue weighted by atomic mass is 9.78. The van der Waals surface area contributed by atoms with E-state index in [2.05, 4.69) is 5.32 Å². The third-order valence-electron chi connectivity index (χ3n) is 3.20. The predicted molar refractivity (Wildman–Crippen MR) is 66.8 cm³/mol. The summed E-state index contributed by atoms with van der Waals surface area (Å²) in [6, 6.07) is 7.87. The van der Waals surface area contributed by atoms with Gasteiger partial charge in [-0.2, -0.15) is 0 Å². The zero-order chi connectivity index (χ0) is 11.4. The first-order valence-electron chi connectivity index (χ1n) is 5.99. The number of rotatable bonds is 3. The van der Waals surface area contributed by atoms with Crippen LogP contribution in [0.25, 0.3) is 0 Å². The maximum absolute atomic E-state index is 9.25. The molecule has 16 heavy (non-hydrogen) atoms. The zero-order valence-electron chi connectivity index (χ0n) is 9.39. The summed E-state index contributed by atoms with van der Waals surface area (Å²) in [6.45, 7) is 0. The van der Waals surface area contributed by atoms with Crippen LogP contribution in [0.2, 0.25) is 0 Å². The highest BCUT2D eigenvalue weighted by molar-refractivity contribution is 6.60. The van der Waals surface area contributed by atoms with Gasteiger partial charge >= 0.3 is 7.12 Å². The molecule has 0 atom stereocenters. The van der Waals surface area contributed by atoms with Crippen molar-refractivity contribution < 1.29 is 10.0 Å². The minimum atomic E-state index is -1.40. The Morgan fingerprint density at radius 3 is 2.44 bits per heavy atom. The van der Waals surface area contributed by atoms with E-state index in [0.717, 1.165) is 5.69 Å². The number of hydrogen-bond acceptors (Lipinski definition) is 3. The molecule has 3 N–H and O–H groups in total. The molecule has 1 saturated carbocycles. The Balaban J connectivity index is 2.07. The van der Waals surface area contributed by atoms with Crippen LogP contribution in [-0.4, -0.2) is 23.2 Å². The Morgan fingerprint density at radius 1 is 1.06 bits per heavy atom. The molecular weight excluding hydrogens is 201 g/mol. The molecule has 0 saturated heterocycles. The van der Waals surface area contributed by atoms with Crippen LogP contribution in [0, 0.1) is 0 Å². The quantitative estimate of drug-likeness (QED) is 0.667. The molecule has 3 nitrogen and oxygen atoms in total. The average molecular weight is 219 g/mol. The van der Waals surface area contributed by atoms with Crippen LogP contribution in [-0.2, 0) is 0 Å². The lowest BCUT2D eigenvalue weighted by molar-refractivity contribution is 0.425. The van der Waals surface area contributed by atoms with Gasteiger partial charge in [-0.25, -0.2) is 0 Å². The van der Waals surface area contributed by atoms with E-state index in [1.165, 1.54) is 32.1 Å². The number of para-hydroxylation sites is 1. The third kappa shape index (κ3) is 2.77. The molecule has 1 aromatic rings. The molecule has 0 radical (unpaired) electrons. The smallest absolute Gasteiger partial charge is 0.423 e. The fourth-order valence-electron chi connectivity index (χ4n) is 2.32. The van der Waals surface area contributed by atoms with Gasteiger partial charge in [0.25, 0.3) is 0 Å². The van der Waals surface area contributed by atoms with Crippen LogP contribution >= 0.6 is 0 Å². The molecule has 1 aliphatic rings. The largest absolute Gasteiger partial charge is 0.490 e. The monoisotopic (exact) mass is 219 g/mol. The van der Waals surface area contributed by atoms with Gasteiger partial charge in [-0.15, -0.1) is 0 Å². The van der Waals surface area contributed by atoms with Gasteiger partial charge in [0, 0.05) is 17.2 Å². The van der Waals surface area contributed by atoms with Gasteiger partial charge in [-0.05, 0) is 18.9 Å². The Bertz CT molecular complexity index is 338. The lowest BCUT2D eigenvalue weighted by Gasteiger charge is -2.25. The van der Waals surface area contributed by atoms with Gasteiger partial charge < -0.3 is 15.4 Å². The normalized spacial score (nSPS) is 17.1.